The lowest BCUT2D eigenvalue weighted by Crippen LogP contribution is -2.31. The van der Waals surface area contributed by atoms with Gasteiger partial charge in [0, 0.05) is 0 Å². The number of benzene rings is 1. The fourth-order valence-corrected chi connectivity index (χ4v) is 1.32. The minimum Gasteiger partial charge on any atom is -0.311 e. The van der Waals surface area contributed by atoms with E-state index < -0.39 is 0 Å². The highest BCUT2D eigenvalue weighted by molar-refractivity contribution is 7.99. The molecule has 1 aromatic carbocycles. The van der Waals surface area contributed by atoms with Crippen molar-refractivity contribution in [3.63, 3.8) is 0 Å². The first-order valence-corrected chi connectivity index (χ1v) is 5.34. The third kappa shape index (κ3) is 3.48. The van der Waals surface area contributed by atoms with Gasteiger partial charge in [-0.1, -0.05) is 18.2 Å². The van der Waals surface area contributed by atoms with Crippen LogP contribution in [0.1, 0.15) is 0 Å². The minimum absolute atomic E-state index is 0.790. The van der Waals surface area contributed by atoms with Crippen molar-refractivity contribution in [1.29, 1.82) is 0 Å². The van der Waals surface area contributed by atoms with E-state index in [2.05, 4.69) is 10.4 Å². The van der Waals surface area contributed by atoms with Crippen molar-refractivity contribution in [2.75, 3.05) is 12.0 Å². The Kier molecular flexibility index (Phi) is 4.35. The van der Waals surface area contributed by atoms with E-state index >= 15 is 0 Å². The molecule has 0 aliphatic carbocycles. The molecular formula is C9H13N3S. The van der Waals surface area contributed by atoms with Gasteiger partial charge in [-0.25, -0.2) is 10.8 Å². The molecule has 0 amide bonds. The Bertz CT molecular complexity index is 271. The second kappa shape index (κ2) is 5.61. The minimum atomic E-state index is 0.790. The molecule has 0 heterocycles. The van der Waals surface area contributed by atoms with Gasteiger partial charge in [0.2, 0.25) is 0 Å². The van der Waals surface area contributed by atoms with Crippen molar-refractivity contribution in [2.45, 2.75) is 0 Å². The molecule has 0 aliphatic heterocycles. The van der Waals surface area contributed by atoms with Crippen LogP contribution < -0.4 is 11.3 Å². The SMILES string of the molecule is CSCC(=Nc1ccccc1)NN. The predicted molar refractivity (Wildman–Crippen MR) is 59.2 cm³/mol. The van der Waals surface area contributed by atoms with Crippen molar-refractivity contribution >= 4 is 23.3 Å². The Morgan fingerprint density at radius 1 is 1.46 bits per heavy atom. The third-order valence-electron chi connectivity index (χ3n) is 1.47. The van der Waals surface area contributed by atoms with Gasteiger partial charge in [-0.15, -0.1) is 0 Å². The number of amidine groups is 1. The van der Waals surface area contributed by atoms with Crippen LogP contribution in [0, 0.1) is 0 Å². The lowest BCUT2D eigenvalue weighted by molar-refractivity contribution is 1.02. The van der Waals surface area contributed by atoms with Gasteiger partial charge >= 0.3 is 0 Å². The topological polar surface area (TPSA) is 50.4 Å². The maximum atomic E-state index is 5.31. The summed E-state index contributed by atoms with van der Waals surface area (Å²) in [5.41, 5.74) is 3.50. The molecule has 4 heteroatoms. The fraction of sp³-hybridized carbons (Fsp3) is 0.222. The van der Waals surface area contributed by atoms with Gasteiger partial charge in [0.05, 0.1) is 11.4 Å². The predicted octanol–water partition coefficient (Wildman–Crippen LogP) is 1.54. The Hall–Kier alpha value is -1.00. The van der Waals surface area contributed by atoms with Crippen LogP contribution in [-0.2, 0) is 0 Å². The van der Waals surface area contributed by atoms with Gasteiger partial charge in [-0.3, -0.25) is 0 Å². The summed E-state index contributed by atoms with van der Waals surface area (Å²) in [6.45, 7) is 0. The fourth-order valence-electron chi connectivity index (χ4n) is 0.901. The van der Waals surface area contributed by atoms with Crippen molar-refractivity contribution in [3.8, 4) is 0 Å². The molecule has 0 saturated heterocycles. The molecule has 70 valence electrons. The molecule has 0 fully saturated rings. The standard InChI is InChI=1S/C9H13N3S/c1-13-7-9(12-10)11-8-5-3-2-4-6-8/h2-6H,7,10H2,1H3,(H,11,12). The maximum Gasteiger partial charge on any atom is 0.126 e. The summed E-state index contributed by atoms with van der Waals surface area (Å²) in [7, 11) is 0. The van der Waals surface area contributed by atoms with E-state index in [9.17, 15) is 0 Å². The molecule has 13 heavy (non-hydrogen) atoms. The first-order valence-electron chi connectivity index (χ1n) is 3.95. The van der Waals surface area contributed by atoms with Crippen molar-refractivity contribution in [1.82, 2.24) is 5.43 Å². The summed E-state index contributed by atoms with van der Waals surface area (Å²) in [5, 5.41) is 0. The summed E-state index contributed by atoms with van der Waals surface area (Å²) < 4.78 is 0. The third-order valence-corrected chi connectivity index (χ3v) is 2.03. The van der Waals surface area contributed by atoms with Gasteiger partial charge < -0.3 is 5.43 Å². The van der Waals surface area contributed by atoms with Gasteiger partial charge in [-0.2, -0.15) is 11.8 Å². The van der Waals surface area contributed by atoms with Gasteiger partial charge in [0.25, 0.3) is 0 Å². The quantitative estimate of drug-likeness (QED) is 0.333. The summed E-state index contributed by atoms with van der Waals surface area (Å²) in [6.07, 6.45) is 2.01. The van der Waals surface area contributed by atoms with Crippen LogP contribution >= 0.6 is 11.8 Å². The van der Waals surface area contributed by atoms with E-state index in [1.807, 2.05) is 36.6 Å². The molecule has 0 spiro atoms. The van der Waals surface area contributed by atoms with Gasteiger partial charge in [0.15, 0.2) is 0 Å². The van der Waals surface area contributed by atoms with Crippen molar-refractivity contribution < 1.29 is 0 Å². The number of hydrogen-bond donors (Lipinski definition) is 2. The number of thioether (sulfide) groups is 1. The Labute approximate surface area is 82.4 Å². The zero-order valence-electron chi connectivity index (χ0n) is 7.53. The zero-order chi connectivity index (χ0) is 9.52. The molecular weight excluding hydrogens is 182 g/mol. The highest BCUT2D eigenvalue weighted by Crippen LogP contribution is 2.10. The largest absolute Gasteiger partial charge is 0.311 e. The molecule has 0 saturated carbocycles. The number of nitrogens with two attached hydrogens (primary N) is 1. The Balaban J connectivity index is 2.73. The van der Waals surface area contributed by atoms with Crippen molar-refractivity contribution in [3.05, 3.63) is 30.3 Å². The summed E-state index contributed by atoms with van der Waals surface area (Å²) in [6, 6.07) is 9.75. The summed E-state index contributed by atoms with van der Waals surface area (Å²) in [5.74, 6) is 6.90. The molecule has 3 nitrogen and oxygen atoms in total. The molecule has 1 rings (SSSR count). The first-order chi connectivity index (χ1) is 6.36. The van der Waals surface area contributed by atoms with Crippen LogP contribution in [-0.4, -0.2) is 17.8 Å². The highest BCUT2D eigenvalue weighted by atomic mass is 32.2. The van der Waals surface area contributed by atoms with Crippen LogP contribution in [0.3, 0.4) is 0 Å². The van der Waals surface area contributed by atoms with E-state index in [4.69, 9.17) is 5.84 Å². The van der Waals surface area contributed by atoms with Crippen molar-refractivity contribution in [2.24, 2.45) is 10.8 Å². The molecule has 0 aliphatic rings. The summed E-state index contributed by atoms with van der Waals surface area (Å²) >= 11 is 1.68. The van der Waals surface area contributed by atoms with Gasteiger partial charge in [0.1, 0.15) is 5.84 Å². The van der Waals surface area contributed by atoms with Crippen LogP contribution in [0.25, 0.3) is 0 Å². The average molecular weight is 195 g/mol. The van der Waals surface area contributed by atoms with Gasteiger partial charge in [-0.05, 0) is 18.4 Å². The molecule has 1 aromatic rings. The van der Waals surface area contributed by atoms with E-state index in [-0.39, 0.29) is 0 Å². The Morgan fingerprint density at radius 3 is 2.69 bits per heavy atom. The number of nitrogens with one attached hydrogen (secondary N) is 1. The first kappa shape index (κ1) is 10.1. The highest BCUT2D eigenvalue weighted by Gasteiger charge is 1.94. The van der Waals surface area contributed by atoms with Crippen LogP contribution in [0.5, 0.6) is 0 Å². The lowest BCUT2D eigenvalue weighted by Gasteiger charge is -2.02. The number of hydrazine groups is 1. The molecule has 0 atom stereocenters. The monoisotopic (exact) mass is 195 g/mol. The van der Waals surface area contributed by atoms with E-state index in [1.165, 1.54) is 0 Å². The van der Waals surface area contributed by atoms with E-state index in [0.29, 0.717) is 0 Å². The normalized spacial score (nSPS) is 11.4. The average Bonchev–Trinajstić information content (AvgIpc) is 2.19. The number of para-hydroxylation sites is 1. The van der Waals surface area contributed by atoms with Crippen LogP contribution in [0.4, 0.5) is 5.69 Å². The number of nitrogens with zero attached hydrogens (tertiary/aromatic N) is 1. The second-order valence-electron chi connectivity index (χ2n) is 2.47. The smallest absolute Gasteiger partial charge is 0.126 e. The zero-order valence-corrected chi connectivity index (χ0v) is 8.34. The molecule has 3 N–H and O–H groups in total. The number of rotatable bonds is 3. The van der Waals surface area contributed by atoms with E-state index in [1.54, 1.807) is 11.8 Å². The van der Waals surface area contributed by atoms with E-state index in [0.717, 1.165) is 17.3 Å². The molecule has 0 aromatic heterocycles. The van der Waals surface area contributed by atoms with Crippen LogP contribution in [0.15, 0.2) is 35.3 Å². The molecule has 0 radical (unpaired) electrons. The van der Waals surface area contributed by atoms with Crippen LogP contribution in [0.2, 0.25) is 0 Å². The Morgan fingerprint density at radius 2 is 2.15 bits per heavy atom. The summed E-state index contributed by atoms with van der Waals surface area (Å²) in [4.78, 5) is 4.33. The molecule has 0 unspecified atom stereocenters. The molecule has 0 bridgehead atoms. The second-order valence-corrected chi connectivity index (χ2v) is 3.34. The maximum absolute atomic E-state index is 5.31. The number of hydrogen-bond acceptors (Lipinski definition) is 3. The number of aliphatic imine (C=N–C) groups is 1. The lowest BCUT2D eigenvalue weighted by atomic mass is 10.3.